The van der Waals surface area contributed by atoms with Crippen molar-refractivity contribution in [3.63, 3.8) is 0 Å². The molecule has 0 radical (unpaired) electrons. The number of para-hydroxylation sites is 1. The van der Waals surface area contributed by atoms with E-state index in [2.05, 4.69) is 0 Å². The van der Waals surface area contributed by atoms with Gasteiger partial charge in [-0.15, -0.1) is 0 Å². The molecule has 1 aromatic carbocycles. The second-order valence-corrected chi connectivity index (χ2v) is 2.97. The molecule has 1 heterocycles. The SMILES string of the molecule is NCc1c(N)oc2ccccc2c1=O. The number of nitrogen functional groups attached to an aromatic ring is 1. The van der Waals surface area contributed by atoms with Crippen LogP contribution in [0.25, 0.3) is 11.0 Å². The number of anilines is 1. The summed E-state index contributed by atoms with van der Waals surface area (Å²) in [6.45, 7) is 0.0962. The number of hydrogen-bond acceptors (Lipinski definition) is 4. The zero-order chi connectivity index (χ0) is 10.1. The van der Waals surface area contributed by atoms with E-state index in [0.717, 1.165) is 0 Å². The molecule has 2 rings (SSSR count). The fraction of sp³-hybridized carbons (Fsp3) is 0.100. The number of benzene rings is 1. The van der Waals surface area contributed by atoms with Gasteiger partial charge in [-0.2, -0.15) is 0 Å². The van der Waals surface area contributed by atoms with Crippen molar-refractivity contribution in [1.82, 2.24) is 0 Å². The van der Waals surface area contributed by atoms with Gasteiger partial charge in [-0.3, -0.25) is 4.79 Å². The topological polar surface area (TPSA) is 82.2 Å². The Hall–Kier alpha value is -1.81. The van der Waals surface area contributed by atoms with Crippen molar-refractivity contribution in [3.8, 4) is 0 Å². The first kappa shape index (κ1) is 8.77. The van der Waals surface area contributed by atoms with E-state index < -0.39 is 0 Å². The van der Waals surface area contributed by atoms with Gasteiger partial charge in [0.1, 0.15) is 5.58 Å². The molecule has 72 valence electrons. The molecule has 1 aromatic heterocycles. The van der Waals surface area contributed by atoms with E-state index in [9.17, 15) is 4.79 Å². The summed E-state index contributed by atoms with van der Waals surface area (Å²) < 4.78 is 5.26. The van der Waals surface area contributed by atoms with Crippen LogP contribution in [0.3, 0.4) is 0 Å². The largest absolute Gasteiger partial charge is 0.440 e. The van der Waals surface area contributed by atoms with Gasteiger partial charge in [0.2, 0.25) is 0 Å². The molecule has 4 nitrogen and oxygen atoms in total. The highest BCUT2D eigenvalue weighted by Gasteiger charge is 2.09. The van der Waals surface area contributed by atoms with Gasteiger partial charge in [-0.1, -0.05) is 12.1 Å². The first-order chi connectivity index (χ1) is 6.74. The summed E-state index contributed by atoms with van der Waals surface area (Å²) in [5.41, 5.74) is 11.6. The Labute approximate surface area is 80.1 Å². The van der Waals surface area contributed by atoms with Gasteiger partial charge in [0.15, 0.2) is 11.3 Å². The molecule has 0 aliphatic heterocycles. The van der Waals surface area contributed by atoms with Crippen molar-refractivity contribution in [1.29, 1.82) is 0 Å². The lowest BCUT2D eigenvalue weighted by molar-refractivity contribution is 0.616. The van der Waals surface area contributed by atoms with Gasteiger partial charge >= 0.3 is 0 Å². The Morgan fingerprint density at radius 2 is 2.00 bits per heavy atom. The summed E-state index contributed by atoms with van der Waals surface area (Å²) in [6.07, 6.45) is 0. The van der Waals surface area contributed by atoms with Crippen LogP contribution in [0.5, 0.6) is 0 Å². The molecule has 14 heavy (non-hydrogen) atoms. The van der Waals surface area contributed by atoms with Crippen LogP contribution in [0.4, 0.5) is 5.88 Å². The van der Waals surface area contributed by atoms with Crippen LogP contribution in [-0.4, -0.2) is 0 Å². The Morgan fingerprint density at radius 3 is 2.71 bits per heavy atom. The van der Waals surface area contributed by atoms with E-state index >= 15 is 0 Å². The first-order valence-electron chi connectivity index (χ1n) is 4.24. The number of nitrogens with two attached hydrogens (primary N) is 2. The predicted octanol–water partition coefficient (Wildman–Crippen LogP) is 0.834. The van der Waals surface area contributed by atoms with Crippen LogP contribution in [0.1, 0.15) is 5.56 Å². The van der Waals surface area contributed by atoms with Gasteiger partial charge < -0.3 is 15.9 Å². The van der Waals surface area contributed by atoms with Crippen molar-refractivity contribution in [2.24, 2.45) is 5.73 Å². The Kier molecular flexibility index (Phi) is 1.98. The van der Waals surface area contributed by atoms with E-state index in [4.69, 9.17) is 15.9 Å². The van der Waals surface area contributed by atoms with Crippen LogP contribution in [0.2, 0.25) is 0 Å². The highest BCUT2D eigenvalue weighted by Crippen LogP contribution is 2.16. The lowest BCUT2D eigenvalue weighted by Gasteiger charge is -2.02. The van der Waals surface area contributed by atoms with E-state index in [-0.39, 0.29) is 17.9 Å². The highest BCUT2D eigenvalue weighted by molar-refractivity contribution is 5.78. The molecule has 0 amide bonds. The smallest absolute Gasteiger partial charge is 0.199 e. The molecule has 0 spiro atoms. The maximum Gasteiger partial charge on any atom is 0.199 e. The minimum Gasteiger partial charge on any atom is -0.440 e. The summed E-state index contributed by atoms with van der Waals surface area (Å²) in [6, 6.07) is 6.95. The van der Waals surface area contributed by atoms with Crippen molar-refractivity contribution in [2.45, 2.75) is 6.54 Å². The Balaban J connectivity index is 2.93. The van der Waals surface area contributed by atoms with Crippen molar-refractivity contribution < 1.29 is 4.42 Å². The average Bonchev–Trinajstić information content (AvgIpc) is 2.18. The Bertz CT molecular complexity index is 531. The fourth-order valence-corrected chi connectivity index (χ4v) is 1.39. The van der Waals surface area contributed by atoms with Crippen LogP contribution < -0.4 is 16.9 Å². The zero-order valence-corrected chi connectivity index (χ0v) is 7.49. The molecule has 4 heteroatoms. The quantitative estimate of drug-likeness (QED) is 0.697. The van der Waals surface area contributed by atoms with Gasteiger partial charge in [0.25, 0.3) is 0 Å². The number of rotatable bonds is 1. The second-order valence-electron chi connectivity index (χ2n) is 2.97. The third-order valence-electron chi connectivity index (χ3n) is 2.13. The van der Waals surface area contributed by atoms with Crippen LogP contribution in [0, 0.1) is 0 Å². The van der Waals surface area contributed by atoms with Gasteiger partial charge in [-0.05, 0) is 12.1 Å². The van der Waals surface area contributed by atoms with Crippen molar-refractivity contribution >= 4 is 16.9 Å². The summed E-state index contributed by atoms with van der Waals surface area (Å²) in [5.74, 6) is 0.108. The number of hydrogen-bond donors (Lipinski definition) is 2. The molecule has 0 bridgehead atoms. The third kappa shape index (κ3) is 1.16. The maximum absolute atomic E-state index is 11.8. The minimum absolute atomic E-state index is 0.0962. The lowest BCUT2D eigenvalue weighted by atomic mass is 10.1. The molecular formula is C10H10N2O2. The average molecular weight is 190 g/mol. The van der Waals surface area contributed by atoms with Crippen LogP contribution in [0.15, 0.2) is 33.5 Å². The van der Waals surface area contributed by atoms with Gasteiger partial charge in [-0.25, -0.2) is 0 Å². The predicted molar refractivity (Wildman–Crippen MR) is 54.8 cm³/mol. The zero-order valence-electron chi connectivity index (χ0n) is 7.49. The third-order valence-corrected chi connectivity index (χ3v) is 2.13. The first-order valence-corrected chi connectivity index (χ1v) is 4.24. The summed E-state index contributed by atoms with van der Waals surface area (Å²) in [5, 5.41) is 0.516. The molecule has 0 saturated carbocycles. The van der Waals surface area contributed by atoms with E-state index in [1.165, 1.54) is 0 Å². The molecule has 0 fully saturated rings. The van der Waals surface area contributed by atoms with E-state index in [1.807, 2.05) is 0 Å². The lowest BCUT2D eigenvalue weighted by Crippen LogP contribution is -2.15. The summed E-state index contributed by atoms with van der Waals surface area (Å²) in [7, 11) is 0. The number of fused-ring (bicyclic) bond motifs is 1. The molecule has 0 saturated heterocycles. The molecule has 0 atom stereocenters. The molecular weight excluding hydrogens is 180 g/mol. The van der Waals surface area contributed by atoms with Crippen molar-refractivity contribution in [2.75, 3.05) is 5.73 Å². The Morgan fingerprint density at radius 1 is 1.29 bits per heavy atom. The second kappa shape index (κ2) is 3.16. The molecule has 2 aromatic rings. The molecule has 0 aliphatic rings. The van der Waals surface area contributed by atoms with Crippen molar-refractivity contribution in [3.05, 3.63) is 40.1 Å². The molecule has 0 unspecified atom stereocenters. The molecule has 4 N–H and O–H groups in total. The standard InChI is InChI=1S/C10H10N2O2/c11-5-7-9(13)6-3-1-2-4-8(6)14-10(7)12/h1-4H,5,11-12H2. The van der Waals surface area contributed by atoms with Crippen LogP contribution >= 0.6 is 0 Å². The van der Waals surface area contributed by atoms with E-state index in [0.29, 0.717) is 16.5 Å². The van der Waals surface area contributed by atoms with E-state index in [1.54, 1.807) is 24.3 Å². The monoisotopic (exact) mass is 190 g/mol. The maximum atomic E-state index is 11.8. The summed E-state index contributed by atoms with van der Waals surface area (Å²) in [4.78, 5) is 11.8. The molecule has 0 aliphatic carbocycles. The van der Waals surface area contributed by atoms with Crippen LogP contribution in [-0.2, 0) is 6.54 Å². The highest BCUT2D eigenvalue weighted by atomic mass is 16.3. The summed E-state index contributed by atoms with van der Waals surface area (Å²) >= 11 is 0. The normalized spacial score (nSPS) is 10.6. The van der Waals surface area contributed by atoms with Gasteiger partial charge in [0.05, 0.1) is 10.9 Å². The van der Waals surface area contributed by atoms with Gasteiger partial charge in [0, 0.05) is 6.54 Å². The fourth-order valence-electron chi connectivity index (χ4n) is 1.39. The minimum atomic E-state index is -0.146.